The molecule has 0 spiro atoms. The summed E-state index contributed by atoms with van der Waals surface area (Å²) >= 11 is 1.46. The Labute approximate surface area is 155 Å². The van der Waals surface area contributed by atoms with Crippen molar-refractivity contribution in [2.45, 2.75) is 13.8 Å². The van der Waals surface area contributed by atoms with E-state index in [0.29, 0.717) is 41.7 Å². The van der Waals surface area contributed by atoms with E-state index in [1.807, 2.05) is 31.4 Å². The van der Waals surface area contributed by atoms with Gasteiger partial charge in [0, 0.05) is 5.38 Å². The van der Waals surface area contributed by atoms with Crippen LogP contribution in [0.5, 0.6) is 11.5 Å². The number of hydrogen-bond donors (Lipinski definition) is 0. The molecular formula is C20H19NO4S. The Kier molecular flexibility index (Phi) is 5.86. The molecule has 0 aliphatic rings. The summed E-state index contributed by atoms with van der Waals surface area (Å²) in [4.78, 5) is 17.1. The fourth-order valence-corrected chi connectivity index (χ4v) is 3.12. The first-order valence-corrected chi connectivity index (χ1v) is 9.20. The molecule has 2 heterocycles. The van der Waals surface area contributed by atoms with Crippen molar-refractivity contribution in [3.63, 3.8) is 0 Å². The van der Waals surface area contributed by atoms with E-state index in [0.717, 1.165) is 5.01 Å². The van der Waals surface area contributed by atoms with E-state index >= 15 is 0 Å². The van der Waals surface area contributed by atoms with Crippen LogP contribution in [-0.2, 0) is 0 Å². The molecule has 0 aliphatic carbocycles. The summed E-state index contributed by atoms with van der Waals surface area (Å²) in [6.07, 6.45) is 4.79. The Morgan fingerprint density at radius 3 is 2.81 bits per heavy atom. The van der Waals surface area contributed by atoms with E-state index in [2.05, 4.69) is 4.98 Å². The molecule has 5 nitrogen and oxygen atoms in total. The first kappa shape index (κ1) is 17.9. The molecule has 0 radical (unpaired) electrons. The van der Waals surface area contributed by atoms with Crippen LogP contribution in [0.3, 0.4) is 0 Å². The number of allylic oxidation sites excluding steroid dienone is 1. The summed E-state index contributed by atoms with van der Waals surface area (Å²) in [5.74, 6) is 1.73. The van der Waals surface area contributed by atoms with Crippen molar-refractivity contribution in [2.75, 3.05) is 13.2 Å². The second kappa shape index (κ2) is 8.49. The Hall–Kier alpha value is -2.86. The standard InChI is InChI=1S/C20H19NO4S/c1-3-23-15-8-10-18(24-4-2)16(12-15)17(22)9-7-14-13-26-20(21-14)19-6-5-11-25-19/h5-13H,3-4H2,1-2H3/b9-7+. The number of ketones is 1. The predicted molar refractivity (Wildman–Crippen MR) is 102 cm³/mol. The fourth-order valence-electron chi connectivity index (χ4n) is 2.37. The van der Waals surface area contributed by atoms with E-state index in [4.69, 9.17) is 13.9 Å². The zero-order valence-corrected chi connectivity index (χ0v) is 15.4. The number of benzene rings is 1. The smallest absolute Gasteiger partial charge is 0.189 e. The normalized spacial score (nSPS) is 11.0. The Morgan fingerprint density at radius 2 is 2.08 bits per heavy atom. The lowest BCUT2D eigenvalue weighted by molar-refractivity contribution is 0.104. The van der Waals surface area contributed by atoms with Gasteiger partial charge < -0.3 is 13.9 Å². The third-order valence-electron chi connectivity index (χ3n) is 3.49. The molecular weight excluding hydrogens is 350 g/mol. The van der Waals surface area contributed by atoms with Crippen LogP contribution in [0.2, 0.25) is 0 Å². The Bertz CT molecular complexity index is 896. The molecule has 0 amide bonds. The summed E-state index contributed by atoms with van der Waals surface area (Å²) in [5.41, 5.74) is 1.17. The molecule has 0 saturated heterocycles. The highest BCUT2D eigenvalue weighted by molar-refractivity contribution is 7.13. The van der Waals surface area contributed by atoms with Gasteiger partial charge in [0.15, 0.2) is 16.6 Å². The van der Waals surface area contributed by atoms with Crippen LogP contribution in [0.15, 0.2) is 52.5 Å². The minimum atomic E-state index is -0.164. The SMILES string of the molecule is CCOc1ccc(OCC)c(C(=O)/C=C/c2csc(-c3ccco3)n2)c1. The largest absolute Gasteiger partial charge is 0.494 e. The maximum absolute atomic E-state index is 12.6. The molecule has 0 N–H and O–H groups in total. The van der Waals surface area contributed by atoms with E-state index in [1.165, 1.54) is 17.4 Å². The third-order valence-corrected chi connectivity index (χ3v) is 4.36. The van der Waals surface area contributed by atoms with Crippen molar-refractivity contribution >= 4 is 23.2 Å². The van der Waals surface area contributed by atoms with Crippen LogP contribution in [0.1, 0.15) is 29.9 Å². The lowest BCUT2D eigenvalue weighted by Crippen LogP contribution is -2.03. The molecule has 2 aromatic heterocycles. The Balaban J connectivity index is 1.80. The number of hydrogen-bond acceptors (Lipinski definition) is 6. The van der Waals surface area contributed by atoms with Crippen LogP contribution < -0.4 is 9.47 Å². The van der Waals surface area contributed by atoms with Gasteiger partial charge in [0.1, 0.15) is 11.5 Å². The van der Waals surface area contributed by atoms with Crippen molar-refractivity contribution < 1.29 is 18.7 Å². The zero-order chi connectivity index (χ0) is 18.4. The molecule has 134 valence electrons. The number of ether oxygens (including phenoxy) is 2. The Morgan fingerprint density at radius 1 is 1.23 bits per heavy atom. The maximum atomic E-state index is 12.6. The van der Waals surface area contributed by atoms with Gasteiger partial charge in [-0.05, 0) is 56.3 Å². The molecule has 3 aromatic rings. The molecule has 0 saturated carbocycles. The number of aromatic nitrogens is 1. The van der Waals surface area contributed by atoms with Gasteiger partial charge in [0.05, 0.1) is 30.7 Å². The fraction of sp³-hybridized carbons (Fsp3) is 0.200. The van der Waals surface area contributed by atoms with Crippen molar-refractivity contribution in [1.82, 2.24) is 4.98 Å². The van der Waals surface area contributed by atoms with E-state index in [-0.39, 0.29) is 5.78 Å². The van der Waals surface area contributed by atoms with Crippen LogP contribution >= 0.6 is 11.3 Å². The van der Waals surface area contributed by atoms with Gasteiger partial charge in [0.25, 0.3) is 0 Å². The summed E-state index contributed by atoms with van der Waals surface area (Å²) in [6, 6.07) is 8.93. The summed E-state index contributed by atoms with van der Waals surface area (Å²) in [5, 5.41) is 2.65. The minimum absolute atomic E-state index is 0.164. The molecule has 0 bridgehead atoms. The van der Waals surface area contributed by atoms with E-state index in [1.54, 1.807) is 30.5 Å². The van der Waals surface area contributed by atoms with Crippen LogP contribution in [-0.4, -0.2) is 24.0 Å². The molecule has 1 aromatic carbocycles. The monoisotopic (exact) mass is 369 g/mol. The van der Waals surface area contributed by atoms with Gasteiger partial charge in [-0.15, -0.1) is 11.3 Å². The van der Waals surface area contributed by atoms with Crippen LogP contribution in [0.4, 0.5) is 0 Å². The van der Waals surface area contributed by atoms with Crippen molar-refractivity contribution in [2.24, 2.45) is 0 Å². The number of carbonyl (C=O) groups is 1. The lowest BCUT2D eigenvalue weighted by atomic mass is 10.1. The number of rotatable bonds is 8. The molecule has 26 heavy (non-hydrogen) atoms. The average Bonchev–Trinajstić information content (AvgIpc) is 3.33. The zero-order valence-electron chi connectivity index (χ0n) is 14.6. The van der Waals surface area contributed by atoms with Crippen molar-refractivity contribution in [3.8, 4) is 22.3 Å². The van der Waals surface area contributed by atoms with Crippen molar-refractivity contribution in [3.05, 3.63) is 59.3 Å². The molecule has 6 heteroatoms. The minimum Gasteiger partial charge on any atom is -0.494 e. The van der Waals surface area contributed by atoms with E-state index < -0.39 is 0 Å². The quantitative estimate of drug-likeness (QED) is 0.408. The van der Waals surface area contributed by atoms with Crippen LogP contribution in [0.25, 0.3) is 16.8 Å². The molecule has 0 fully saturated rings. The topological polar surface area (TPSA) is 61.6 Å². The molecule has 0 atom stereocenters. The highest BCUT2D eigenvalue weighted by atomic mass is 32.1. The predicted octanol–water partition coefficient (Wildman–Crippen LogP) is 5.10. The van der Waals surface area contributed by atoms with Crippen molar-refractivity contribution in [1.29, 1.82) is 0 Å². The van der Waals surface area contributed by atoms with Crippen LogP contribution in [0, 0.1) is 0 Å². The number of nitrogens with zero attached hydrogens (tertiary/aromatic N) is 1. The van der Waals surface area contributed by atoms with Gasteiger partial charge in [0.2, 0.25) is 0 Å². The first-order valence-electron chi connectivity index (χ1n) is 8.32. The molecule has 3 rings (SSSR count). The molecule has 0 unspecified atom stereocenters. The number of thiazole rings is 1. The average molecular weight is 369 g/mol. The summed E-state index contributed by atoms with van der Waals surface area (Å²) in [7, 11) is 0. The van der Waals surface area contributed by atoms with Gasteiger partial charge in [-0.3, -0.25) is 4.79 Å². The first-order chi connectivity index (χ1) is 12.7. The summed E-state index contributed by atoms with van der Waals surface area (Å²) < 4.78 is 16.4. The lowest BCUT2D eigenvalue weighted by Gasteiger charge is -2.10. The van der Waals surface area contributed by atoms with E-state index in [9.17, 15) is 4.79 Å². The van der Waals surface area contributed by atoms with Gasteiger partial charge >= 0.3 is 0 Å². The number of furan rings is 1. The number of carbonyl (C=O) groups excluding carboxylic acids is 1. The highest BCUT2D eigenvalue weighted by Gasteiger charge is 2.12. The maximum Gasteiger partial charge on any atom is 0.189 e. The second-order valence-corrected chi connectivity index (χ2v) is 6.13. The van der Waals surface area contributed by atoms with Gasteiger partial charge in [-0.2, -0.15) is 0 Å². The van der Waals surface area contributed by atoms with Gasteiger partial charge in [-0.1, -0.05) is 0 Å². The van der Waals surface area contributed by atoms with Gasteiger partial charge in [-0.25, -0.2) is 4.98 Å². The second-order valence-electron chi connectivity index (χ2n) is 5.28. The third kappa shape index (κ3) is 4.21. The highest BCUT2D eigenvalue weighted by Crippen LogP contribution is 2.27. The molecule has 0 aliphatic heterocycles. The summed E-state index contributed by atoms with van der Waals surface area (Å²) in [6.45, 7) is 4.80.